The van der Waals surface area contributed by atoms with Gasteiger partial charge < -0.3 is 10.6 Å². The molecule has 0 saturated carbocycles. The molecule has 0 bridgehead atoms. The first kappa shape index (κ1) is 16.1. The number of nitrogens with two attached hydrogens (primary N) is 1. The van der Waals surface area contributed by atoms with Crippen LogP contribution in [0, 0.1) is 5.41 Å². The van der Waals surface area contributed by atoms with Crippen molar-refractivity contribution in [2.24, 2.45) is 0 Å². The molecule has 5 N–H and O–H groups in total. The van der Waals surface area contributed by atoms with Gasteiger partial charge in [-0.1, -0.05) is 26.7 Å². The molecule has 0 aliphatic carbocycles. The van der Waals surface area contributed by atoms with E-state index >= 15 is 0 Å². The SMILES string of the molecule is CCCCN(CCCC)C(=N)NNc1ccc(N)cc1. The van der Waals surface area contributed by atoms with Crippen molar-refractivity contribution in [1.82, 2.24) is 10.3 Å². The molecule has 0 atom stereocenters. The lowest BCUT2D eigenvalue weighted by Crippen LogP contribution is -2.44. The molecular formula is C15H27N5. The maximum Gasteiger partial charge on any atom is 0.210 e. The van der Waals surface area contributed by atoms with E-state index in [1.54, 1.807) is 0 Å². The van der Waals surface area contributed by atoms with Gasteiger partial charge in [0.25, 0.3) is 0 Å². The summed E-state index contributed by atoms with van der Waals surface area (Å²) >= 11 is 0. The van der Waals surface area contributed by atoms with Crippen LogP contribution in [0.1, 0.15) is 39.5 Å². The van der Waals surface area contributed by atoms with Gasteiger partial charge in [0, 0.05) is 18.8 Å². The van der Waals surface area contributed by atoms with Crippen molar-refractivity contribution >= 4 is 17.3 Å². The largest absolute Gasteiger partial charge is 0.399 e. The lowest BCUT2D eigenvalue weighted by Gasteiger charge is -2.25. The monoisotopic (exact) mass is 277 g/mol. The Bertz CT molecular complexity index is 380. The molecule has 1 aromatic rings. The summed E-state index contributed by atoms with van der Waals surface area (Å²) in [6.45, 7) is 6.18. The van der Waals surface area contributed by atoms with Crippen LogP contribution in [0.2, 0.25) is 0 Å². The number of unbranched alkanes of at least 4 members (excludes halogenated alkanes) is 2. The molecule has 20 heavy (non-hydrogen) atoms. The average Bonchev–Trinajstić information content (AvgIpc) is 2.46. The van der Waals surface area contributed by atoms with E-state index in [2.05, 4.69) is 29.6 Å². The molecular weight excluding hydrogens is 250 g/mol. The van der Waals surface area contributed by atoms with E-state index in [4.69, 9.17) is 11.1 Å². The van der Waals surface area contributed by atoms with Crippen molar-refractivity contribution in [3.05, 3.63) is 24.3 Å². The van der Waals surface area contributed by atoms with E-state index in [1.807, 2.05) is 24.3 Å². The van der Waals surface area contributed by atoms with Crippen LogP contribution >= 0.6 is 0 Å². The number of nitrogens with one attached hydrogen (secondary N) is 3. The van der Waals surface area contributed by atoms with Crippen molar-refractivity contribution in [3.8, 4) is 0 Å². The third-order valence-electron chi connectivity index (χ3n) is 3.12. The first-order chi connectivity index (χ1) is 9.67. The third kappa shape index (κ3) is 5.82. The highest BCUT2D eigenvalue weighted by Gasteiger charge is 2.08. The number of nitrogens with zero attached hydrogens (tertiary/aromatic N) is 1. The fourth-order valence-electron chi connectivity index (χ4n) is 1.81. The van der Waals surface area contributed by atoms with Crippen LogP contribution in [0.15, 0.2) is 24.3 Å². The molecule has 112 valence electrons. The molecule has 0 aromatic heterocycles. The standard InChI is InChI=1S/C15H27N5/c1-3-5-11-20(12-6-4-2)15(17)19-18-14-9-7-13(16)8-10-14/h7-10,18H,3-6,11-12,16H2,1-2H3,(H2,17,19). The molecule has 5 nitrogen and oxygen atoms in total. The van der Waals surface area contributed by atoms with Crippen molar-refractivity contribution in [2.45, 2.75) is 39.5 Å². The van der Waals surface area contributed by atoms with Crippen LogP contribution in [0.4, 0.5) is 11.4 Å². The summed E-state index contributed by atoms with van der Waals surface area (Å²) in [6, 6.07) is 7.44. The number of guanidine groups is 1. The van der Waals surface area contributed by atoms with E-state index in [0.717, 1.165) is 50.1 Å². The Morgan fingerprint density at radius 2 is 1.65 bits per heavy atom. The Hall–Kier alpha value is -1.91. The van der Waals surface area contributed by atoms with Gasteiger partial charge >= 0.3 is 0 Å². The highest BCUT2D eigenvalue weighted by atomic mass is 15.5. The van der Waals surface area contributed by atoms with E-state index in [-0.39, 0.29) is 0 Å². The number of rotatable bonds is 8. The lowest BCUT2D eigenvalue weighted by atomic mass is 10.3. The van der Waals surface area contributed by atoms with Gasteiger partial charge in [0.1, 0.15) is 0 Å². The highest BCUT2D eigenvalue weighted by molar-refractivity contribution is 5.78. The maximum atomic E-state index is 8.12. The first-order valence-corrected chi connectivity index (χ1v) is 7.38. The Kier molecular flexibility index (Phi) is 7.32. The Balaban J connectivity index is 2.45. The smallest absolute Gasteiger partial charge is 0.210 e. The molecule has 0 fully saturated rings. The molecule has 0 amide bonds. The molecule has 5 heteroatoms. The van der Waals surface area contributed by atoms with Gasteiger partial charge in [0.2, 0.25) is 5.96 Å². The minimum absolute atomic E-state index is 0.420. The molecule has 0 saturated heterocycles. The minimum atomic E-state index is 0.420. The van der Waals surface area contributed by atoms with Crippen molar-refractivity contribution in [2.75, 3.05) is 24.2 Å². The average molecular weight is 277 g/mol. The second kappa shape index (κ2) is 9.07. The summed E-state index contributed by atoms with van der Waals surface area (Å²) in [6.07, 6.45) is 4.49. The van der Waals surface area contributed by atoms with Gasteiger partial charge in [-0.15, -0.1) is 0 Å². The zero-order valence-corrected chi connectivity index (χ0v) is 12.6. The van der Waals surface area contributed by atoms with Gasteiger partial charge in [0.05, 0.1) is 5.69 Å². The normalized spacial score (nSPS) is 10.1. The van der Waals surface area contributed by atoms with Crippen LogP contribution in [0.25, 0.3) is 0 Å². The number of hydrogen-bond acceptors (Lipinski definition) is 3. The van der Waals surface area contributed by atoms with E-state index < -0.39 is 0 Å². The number of hydrazine groups is 1. The van der Waals surface area contributed by atoms with Crippen LogP contribution in [0.3, 0.4) is 0 Å². The zero-order chi connectivity index (χ0) is 14.8. The second-order valence-electron chi connectivity index (χ2n) is 4.91. The van der Waals surface area contributed by atoms with Crippen LogP contribution in [-0.2, 0) is 0 Å². The van der Waals surface area contributed by atoms with Crippen molar-refractivity contribution in [3.63, 3.8) is 0 Å². The minimum Gasteiger partial charge on any atom is -0.399 e. The summed E-state index contributed by atoms with van der Waals surface area (Å²) in [7, 11) is 0. The quantitative estimate of drug-likeness (QED) is 0.255. The zero-order valence-electron chi connectivity index (χ0n) is 12.6. The van der Waals surface area contributed by atoms with Crippen LogP contribution in [0.5, 0.6) is 0 Å². The number of anilines is 2. The topological polar surface area (TPSA) is 77.2 Å². The Labute approximate surface area is 122 Å². The predicted molar refractivity (Wildman–Crippen MR) is 86.7 cm³/mol. The van der Waals surface area contributed by atoms with Gasteiger partial charge in [-0.3, -0.25) is 16.3 Å². The third-order valence-corrected chi connectivity index (χ3v) is 3.12. The fraction of sp³-hybridized carbons (Fsp3) is 0.533. The van der Waals surface area contributed by atoms with E-state index in [1.165, 1.54) is 0 Å². The molecule has 0 radical (unpaired) electrons. The molecule has 0 spiro atoms. The second-order valence-corrected chi connectivity index (χ2v) is 4.91. The van der Waals surface area contributed by atoms with Gasteiger partial charge in [-0.2, -0.15) is 0 Å². The number of benzene rings is 1. The number of hydrogen-bond donors (Lipinski definition) is 4. The summed E-state index contributed by atoms with van der Waals surface area (Å²) in [5.74, 6) is 0.420. The Morgan fingerprint density at radius 3 is 2.15 bits per heavy atom. The lowest BCUT2D eigenvalue weighted by molar-refractivity contribution is 0.385. The Morgan fingerprint density at radius 1 is 1.10 bits per heavy atom. The number of nitrogen functional groups attached to an aromatic ring is 1. The summed E-state index contributed by atoms with van der Waals surface area (Å²) < 4.78 is 0. The fourth-order valence-corrected chi connectivity index (χ4v) is 1.81. The summed E-state index contributed by atoms with van der Waals surface area (Å²) in [4.78, 5) is 2.08. The molecule has 1 aromatic carbocycles. The van der Waals surface area contributed by atoms with Crippen molar-refractivity contribution < 1.29 is 0 Å². The van der Waals surface area contributed by atoms with Gasteiger partial charge in [-0.25, -0.2) is 0 Å². The molecule has 1 rings (SSSR count). The van der Waals surface area contributed by atoms with E-state index in [9.17, 15) is 0 Å². The van der Waals surface area contributed by atoms with Crippen LogP contribution in [-0.4, -0.2) is 23.9 Å². The molecule has 0 unspecified atom stereocenters. The van der Waals surface area contributed by atoms with Gasteiger partial charge in [-0.05, 0) is 37.1 Å². The van der Waals surface area contributed by atoms with Crippen LogP contribution < -0.4 is 16.6 Å². The molecule has 0 heterocycles. The van der Waals surface area contributed by atoms with Crippen molar-refractivity contribution in [1.29, 1.82) is 5.41 Å². The van der Waals surface area contributed by atoms with Gasteiger partial charge in [0.15, 0.2) is 0 Å². The predicted octanol–water partition coefficient (Wildman–Crippen LogP) is 3.02. The molecule has 0 aliphatic heterocycles. The highest BCUT2D eigenvalue weighted by Crippen LogP contribution is 2.09. The maximum absolute atomic E-state index is 8.12. The summed E-state index contributed by atoms with van der Waals surface area (Å²) in [5.41, 5.74) is 13.3. The van der Waals surface area contributed by atoms with E-state index in [0.29, 0.717) is 5.96 Å². The summed E-state index contributed by atoms with van der Waals surface area (Å²) in [5, 5.41) is 8.12. The molecule has 0 aliphatic rings. The first-order valence-electron chi connectivity index (χ1n) is 7.38.